The molecule has 2 unspecified atom stereocenters. The Bertz CT molecular complexity index is 450. The van der Waals surface area contributed by atoms with E-state index in [0.29, 0.717) is 13.0 Å². The molecule has 1 fully saturated rings. The van der Waals surface area contributed by atoms with Gasteiger partial charge in [-0.15, -0.1) is 0 Å². The summed E-state index contributed by atoms with van der Waals surface area (Å²) >= 11 is 0. The second-order valence-electron chi connectivity index (χ2n) is 5.34. The lowest BCUT2D eigenvalue weighted by molar-refractivity contribution is -0.141. The Balaban J connectivity index is 1.72. The molecular weight excluding hydrogens is 240 g/mol. The van der Waals surface area contributed by atoms with Gasteiger partial charge in [-0.2, -0.15) is 0 Å². The third-order valence-electron chi connectivity index (χ3n) is 4.10. The summed E-state index contributed by atoms with van der Waals surface area (Å²) in [7, 11) is 0. The van der Waals surface area contributed by atoms with Gasteiger partial charge in [-0.05, 0) is 30.9 Å². The zero-order valence-electron chi connectivity index (χ0n) is 11.0. The average Bonchev–Trinajstić information content (AvgIpc) is 2.90. The molecule has 4 nitrogen and oxygen atoms in total. The van der Waals surface area contributed by atoms with Crippen LogP contribution in [0.25, 0.3) is 0 Å². The topological polar surface area (TPSA) is 55.6 Å². The number of amides is 1. The second kappa shape index (κ2) is 5.21. The normalized spacial score (nSPS) is 25.8. The number of likely N-dealkylation sites (tertiary alicyclic amines) is 1. The molecule has 102 valence electrons. The summed E-state index contributed by atoms with van der Waals surface area (Å²) in [6, 6.07) is 8.07. The van der Waals surface area contributed by atoms with Gasteiger partial charge in [0.05, 0.1) is 0 Å². The van der Waals surface area contributed by atoms with E-state index < -0.39 is 0 Å². The van der Waals surface area contributed by atoms with Crippen LogP contribution in [0.15, 0.2) is 24.3 Å². The predicted molar refractivity (Wildman–Crippen MR) is 73.0 cm³/mol. The van der Waals surface area contributed by atoms with Crippen LogP contribution in [0.3, 0.4) is 0 Å². The number of carbonyl (C=O) groups is 1. The Morgan fingerprint density at radius 1 is 1.37 bits per heavy atom. The molecule has 3 rings (SSSR count). The van der Waals surface area contributed by atoms with E-state index in [1.807, 2.05) is 29.2 Å². The number of ether oxygens (including phenoxy) is 1. The van der Waals surface area contributed by atoms with Gasteiger partial charge < -0.3 is 15.4 Å². The molecule has 0 aromatic heterocycles. The molecule has 2 aliphatic rings. The van der Waals surface area contributed by atoms with Crippen LogP contribution in [-0.4, -0.2) is 36.0 Å². The highest BCUT2D eigenvalue weighted by molar-refractivity contribution is 5.83. The molecule has 1 saturated heterocycles. The van der Waals surface area contributed by atoms with Crippen LogP contribution in [0, 0.1) is 0 Å². The van der Waals surface area contributed by atoms with Crippen molar-refractivity contribution in [3.8, 4) is 5.75 Å². The van der Waals surface area contributed by atoms with Crippen molar-refractivity contribution in [1.29, 1.82) is 0 Å². The number of nitrogens with zero attached hydrogens (tertiary/aromatic N) is 1. The molecule has 0 aliphatic carbocycles. The van der Waals surface area contributed by atoms with Gasteiger partial charge in [-0.25, -0.2) is 0 Å². The molecule has 2 heterocycles. The molecule has 2 N–H and O–H groups in total. The van der Waals surface area contributed by atoms with Crippen molar-refractivity contribution in [2.45, 2.75) is 37.8 Å². The highest BCUT2D eigenvalue weighted by Gasteiger charge is 2.35. The van der Waals surface area contributed by atoms with Crippen molar-refractivity contribution in [2.24, 2.45) is 5.73 Å². The summed E-state index contributed by atoms with van der Waals surface area (Å²) in [5, 5.41) is 0. The van der Waals surface area contributed by atoms with Crippen molar-refractivity contribution in [2.75, 3.05) is 13.1 Å². The fourth-order valence-corrected chi connectivity index (χ4v) is 3.04. The molecule has 2 aliphatic heterocycles. The quantitative estimate of drug-likeness (QED) is 0.872. The van der Waals surface area contributed by atoms with E-state index in [4.69, 9.17) is 10.5 Å². The van der Waals surface area contributed by atoms with E-state index in [9.17, 15) is 4.79 Å². The molecule has 0 bridgehead atoms. The molecule has 2 atom stereocenters. The van der Waals surface area contributed by atoms with Crippen LogP contribution in [0.2, 0.25) is 0 Å². The molecule has 1 aromatic carbocycles. The van der Waals surface area contributed by atoms with Crippen molar-refractivity contribution < 1.29 is 9.53 Å². The number of carbonyl (C=O) groups excluding carboxylic acids is 1. The first-order valence-corrected chi connectivity index (χ1v) is 7.04. The highest BCUT2D eigenvalue weighted by atomic mass is 16.5. The fourth-order valence-electron chi connectivity index (χ4n) is 3.04. The van der Waals surface area contributed by atoms with E-state index >= 15 is 0 Å². The Hall–Kier alpha value is -1.55. The first kappa shape index (κ1) is 12.5. The summed E-state index contributed by atoms with van der Waals surface area (Å²) in [5.74, 6) is 0.952. The first-order chi connectivity index (χ1) is 9.29. The van der Waals surface area contributed by atoms with Gasteiger partial charge in [-0.3, -0.25) is 4.79 Å². The maximum atomic E-state index is 12.6. The van der Waals surface area contributed by atoms with Crippen LogP contribution < -0.4 is 10.5 Å². The Morgan fingerprint density at radius 3 is 3.00 bits per heavy atom. The maximum Gasteiger partial charge on any atom is 0.264 e. The Kier molecular flexibility index (Phi) is 3.42. The van der Waals surface area contributed by atoms with E-state index in [2.05, 4.69) is 0 Å². The van der Waals surface area contributed by atoms with Crippen LogP contribution in [0.1, 0.15) is 24.8 Å². The zero-order chi connectivity index (χ0) is 13.2. The molecule has 0 radical (unpaired) electrons. The van der Waals surface area contributed by atoms with Crippen LogP contribution in [-0.2, 0) is 11.2 Å². The number of nitrogens with two attached hydrogens (primary N) is 1. The van der Waals surface area contributed by atoms with Gasteiger partial charge in [0.25, 0.3) is 5.91 Å². The van der Waals surface area contributed by atoms with Crippen LogP contribution >= 0.6 is 0 Å². The number of hydrogen-bond acceptors (Lipinski definition) is 3. The third kappa shape index (κ3) is 2.32. The van der Waals surface area contributed by atoms with Crippen LogP contribution in [0.4, 0.5) is 0 Å². The predicted octanol–water partition coefficient (Wildman–Crippen LogP) is 1.33. The highest BCUT2D eigenvalue weighted by Crippen LogP contribution is 2.30. The molecule has 4 heteroatoms. The van der Waals surface area contributed by atoms with E-state index in [1.165, 1.54) is 0 Å². The third-order valence-corrected chi connectivity index (χ3v) is 4.10. The number of fused-ring (bicyclic) bond motifs is 1. The second-order valence-corrected chi connectivity index (χ2v) is 5.34. The minimum absolute atomic E-state index is 0.103. The number of para-hydroxylation sites is 1. The van der Waals surface area contributed by atoms with E-state index in [1.54, 1.807) is 0 Å². The lowest BCUT2D eigenvalue weighted by Crippen LogP contribution is -2.52. The summed E-state index contributed by atoms with van der Waals surface area (Å²) in [6.45, 7) is 1.36. The van der Waals surface area contributed by atoms with Gasteiger partial charge in [-0.1, -0.05) is 18.2 Å². The van der Waals surface area contributed by atoms with Gasteiger partial charge in [0, 0.05) is 25.6 Å². The molecule has 1 amide bonds. The van der Waals surface area contributed by atoms with Gasteiger partial charge in [0.15, 0.2) is 6.10 Å². The zero-order valence-corrected chi connectivity index (χ0v) is 11.0. The first-order valence-electron chi connectivity index (χ1n) is 7.04. The Morgan fingerprint density at radius 2 is 2.21 bits per heavy atom. The summed E-state index contributed by atoms with van der Waals surface area (Å²) in [5.41, 5.74) is 6.91. The lowest BCUT2D eigenvalue weighted by atomic mass is 10.0. The van der Waals surface area contributed by atoms with Gasteiger partial charge in [0.2, 0.25) is 0 Å². The SMILES string of the molecule is NCC1CCCCN1C(=O)C1Cc2ccccc2O1. The summed E-state index contributed by atoms with van der Waals surface area (Å²) < 4.78 is 5.78. The molecule has 19 heavy (non-hydrogen) atoms. The monoisotopic (exact) mass is 260 g/mol. The molecule has 0 saturated carbocycles. The maximum absolute atomic E-state index is 12.6. The summed E-state index contributed by atoms with van der Waals surface area (Å²) in [6.07, 6.45) is 3.58. The number of rotatable bonds is 2. The minimum atomic E-state index is -0.357. The van der Waals surface area contributed by atoms with Crippen molar-refractivity contribution in [1.82, 2.24) is 4.90 Å². The van der Waals surface area contributed by atoms with Crippen LogP contribution in [0.5, 0.6) is 5.75 Å². The van der Waals surface area contributed by atoms with Gasteiger partial charge in [0.1, 0.15) is 5.75 Å². The number of hydrogen-bond donors (Lipinski definition) is 1. The smallest absolute Gasteiger partial charge is 0.264 e. The number of benzene rings is 1. The molecular formula is C15H20N2O2. The van der Waals surface area contributed by atoms with Crippen molar-refractivity contribution in [3.05, 3.63) is 29.8 Å². The number of piperidine rings is 1. The van der Waals surface area contributed by atoms with Crippen molar-refractivity contribution in [3.63, 3.8) is 0 Å². The fraction of sp³-hybridized carbons (Fsp3) is 0.533. The van der Waals surface area contributed by atoms with Crippen molar-refractivity contribution >= 4 is 5.91 Å². The summed E-state index contributed by atoms with van der Waals surface area (Å²) in [4.78, 5) is 14.5. The molecule has 0 spiro atoms. The largest absolute Gasteiger partial charge is 0.480 e. The standard InChI is InChI=1S/C15H20N2O2/c16-10-12-6-3-4-8-17(12)15(18)14-9-11-5-1-2-7-13(11)19-14/h1-2,5,7,12,14H,3-4,6,8-10,16H2. The Labute approximate surface area is 113 Å². The lowest BCUT2D eigenvalue weighted by Gasteiger charge is -2.36. The van der Waals surface area contributed by atoms with E-state index in [-0.39, 0.29) is 18.1 Å². The average molecular weight is 260 g/mol. The van der Waals surface area contributed by atoms with E-state index in [0.717, 1.165) is 37.1 Å². The van der Waals surface area contributed by atoms with Gasteiger partial charge >= 0.3 is 0 Å². The molecule has 1 aromatic rings. The minimum Gasteiger partial charge on any atom is -0.480 e.